The molecule has 0 fully saturated rings. The van der Waals surface area contributed by atoms with Gasteiger partial charge < -0.3 is 0 Å². The zero-order valence-electron chi connectivity index (χ0n) is 6.26. The first-order valence-electron chi connectivity index (χ1n) is 3.11. The Morgan fingerprint density at radius 3 is 2.73 bits per heavy atom. The minimum Gasteiger partial charge on any atom is -0.294 e. The summed E-state index contributed by atoms with van der Waals surface area (Å²) in [6, 6.07) is 0. The summed E-state index contributed by atoms with van der Waals surface area (Å²) >= 11 is 3.11. The number of hydrogen-bond donors (Lipinski definition) is 0. The van der Waals surface area contributed by atoms with E-state index in [4.69, 9.17) is 0 Å². The van der Waals surface area contributed by atoms with Crippen molar-refractivity contribution in [3.63, 3.8) is 0 Å². The van der Waals surface area contributed by atoms with Crippen LogP contribution in [0.1, 0.15) is 23.0 Å². The van der Waals surface area contributed by atoms with Crippen molar-refractivity contribution in [2.75, 3.05) is 0 Å². The minimum absolute atomic E-state index is 0.00463. The van der Waals surface area contributed by atoms with Gasteiger partial charge in [0.2, 0.25) is 0 Å². The highest BCUT2D eigenvalue weighted by Gasteiger charge is 2.04. The normalized spacial score (nSPS) is 9.73. The van der Waals surface area contributed by atoms with Crippen LogP contribution in [0.5, 0.6) is 0 Å². The first kappa shape index (κ1) is 8.33. The third-order valence-corrected chi connectivity index (χ3v) is 1.71. The summed E-state index contributed by atoms with van der Waals surface area (Å²) in [4.78, 5) is 18.7. The average Bonchev–Trinajstić information content (AvgIpc) is 1.85. The Bertz CT molecular complexity index is 298. The lowest BCUT2D eigenvalue weighted by Crippen LogP contribution is -2.00. The minimum atomic E-state index is -0.00463. The average molecular weight is 215 g/mol. The lowest BCUT2D eigenvalue weighted by Gasteiger charge is -1.98. The second-order valence-corrected chi connectivity index (χ2v) is 2.90. The van der Waals surface area contributed by atoms with Crippen molar-refractivity contribution in [1.82, 2.24) is 9.97 Å². The molecule has 1 aromatic rings. The molecule has 1 heterocycles. The van der Waals surface area contributed by atoms with Crippen LogP contribution in [-0.2, 0) is 0 Å². The standard InChI is InChI=1S/C7H7BrN2O/c1-4-6(5(2)11)3-9-7(8)10-4/h3H,1-2H3. The van der Waals surface area contributed by atoms with Gasteiger partial charge in [0.25, 0.3) is 0 Å². The van der Waals surface area contributed by atoms with Gasteiger partial charge in [-0.1, -0.05) is 0 Å². The van der Waals surface area contributed by atoms with Gasteiger partial charge >= 0.3 is 0 Å². The number of nitrogens with zero attached hydrogens (tertiary/aromatic N) is 2. The highest BCUT2D eigenvalue weighted by atomic mass is 79.9. The lowest BCUT2D eigenvalue weighted by molar-refractivity contribution is 0.101. The van der Waals surface area contributed by atoms with Gasteiger partial charge in [0, 0.05) is 6.20 Å². The monoisotopic (exact) mass is 214 g/mol. The largest absolute Gasteiger partial charge is 0.294 e. The summed E-state index contributed by atoms with van der Waals surface area (Å²) in [6.07, 6.45) is 1.52. The number of aryl methyl sites for hydroxylation is 1. The molecule has 58 valence electrons. The van der Waals surface area contributed by atoms with E-state index in [0.717, 1.165) is 0 Å². The molecule has 0 aliphatic heterocycles. The molecule has 1 aromatic heterocycles. The van der Waals surface area contributed by atoms with Crippen LogP contribution in [0.4, 0.5) is 0 Å². The Labute approximate surface area is 73.0 Å². The molecule has 0 saturated heterocycles. The summed E-state index contributed by atoms with van der Waals surface area (Å²) in [6.45, 7) is 3.28. The van der Waals surface area contributed by atoms with E-state index in [1.165, 1.54) is 13.1 Å². The second kappa shape index (κ2) is 3.09. The van der Waals surface area contributed by atoms with E-state index >= 15 is 0 Å². The van der Waals surface area contributed by atoms with E-state index in [-0.39, 0.29) is 5.78 Å². The van der Waals surface area contributed by atoms with Crippen molar-refractivity contribution in [2.24, 2.45) is 0 Å². The van der Waals surface area contributed by atoms with Gasteiger partial charge in [-0.15, -0.1) is 0 Å². The summed E-state index contributed by atoms with van der Waals surface area (Å²) < 4.78 is 0.514. The fraction of sp³-hybridized carbons (Fsp3) is 0.286. The molecule has 0 aromatic carbocycles. The summed E-state index contributed by atoms with van der Waals surface area (Å²) in [5.74, 6) is -0.00463. The summed E-state index contributed by atoms with van der Waals surface area (Å²) in [5.41, 5.74) is 1.28. The van der Waals surface area contributed by atoms with Gasteiger partial charge in [-0.2, -0.15) is 0 Å². The molecule has 0 atom stereocenters. The number of halogens is 1. The Morgan fingerprint density at radius 1 is 1.64 bits per heavy atom. The quantitative estimate of drug-likeness (QED) is 0.529. The van der Waals surface area contributed by atoms with Crippen molar-refractivity contribution < 1.29 is 4.79 Å². The Morgan fingerprint density at radius 2 is 2.27 bits per heavy atom. The zero-order chi connectivity index (χ0) is 8.43. The first-order chi connectivity index (χ1) is 5.11. The van der Waals surface area contributed by atoms with Crippen molar-refractivity contribution >= 4 is 21.7 Å². The summed E-state index contributed by atoms with van der Waals surface area (Å²) in [5, 5.41) is 0. The van der Waals surface area contributed by atoms with E-state index < -0.39 is 0 Å². The Kier molecular flexibility index (Phi) is 2.34. The highest BCUT2D eigenvalue weighted by molar-refractivity contribution is 9.10. The van der Waals surface area contributed by atoms with E-state index in [0.29, 0.717) is 16.0 Å². The predicted molar refractivity (Wildman–Crippen MR) is 44.5 cm³/mol. The summed E-state index contributed by atoms with van der Waals surface area (Å²) in [7, 11) is 0. The predicted octanol–water partition coefficient (Wildman–Crippen LogP) is 1.75. The molecule has 3 nitrogen and oxygen atoms in total. The fourth-order valence-electron chi connectivity index (χ4n) is 0.784. The molecule has 0 aliphatic rings. The molecule has 0 unspecified atom stereocenters. The number of hydrogen-bond acceptors (Lipinski definition) is 3. The number of aromatic nitrogens is 2. The van der Waals surface area contributed by atoms with Crippen LogP contribution in [0.2, 0.25) is 0 Å². The van der Waals surface area contributed by atoms with Crippen LogP contribution in [0, 0.1) is 6.92 Å². The van der Waals surface area contributed by atoms with Gasteiger partial charge in [-0.05, 0) is 29.8 Å². The third-order valence-electron chi connectivity index (χ3n) is 1.33. The van der Waals surface area contributed by atoms with Crippen LogP contribution >= 0.6 is 15.9 Å². The molecule has 0 amide bonds. The van der Waals surface area contributed by atoms with Crippen LogP contribution in [0.25, 0.3) is 0 Å². The lowest BCUT2D eigenvalue weighted by atomic mass is 10.2. The van der Waals surface area contributed by atoms with Gasteiger partial charge in [-0.25, -0.2) is 9.97 Å². The fourth-order valence-corrected chi connectivity index (χ4v) is 1.15. The number of carbonyl (C=O) groups is 1. The Balaban J connectivity index is 3.20. The Hall–Kier alpha value is -0.770. The van der Waals surface area contributed by atoms with Gasteiger partial charge in [-0.3, -0.25) is 4.79 Å². The van der Waals surface area contributed by atoms with Crippen LogP contribution < -0.4 is 0 Å². The molecule has 0 N–H and O–H groups in total. The molecule has 0 spiro atoms. The van der Waals surface area contributed by atoms with E-state index in [1.54, 1.807) is 6.92 Å². The molecule has 0 bridgehead atoms. The zero-order valence-corrected chi connectivity index (χ0v) is 7.84. The van der Waals surface area contributed by atoms with Gasteiger partial charge in [0.1, 0.15) is 0 Å². The van der Waals surface area contributed by atoms with E-state index in [9.17, 15) is 4.79 Å². The molecule has 0 saturated carbocycles. The molecule has 0 radical (unpaired) electrons. The van der Waals surface area contributed by atoms with E-state index in [1.807, 2.05) is 0 Å². The molecular weight excluding hydrogens is 208 g/mol. The van der Waals surface area contributed by atoms with Gasteiger partial charge in [0.05, 0.1) is 11.3 Å². The first-order valence-corrected chi connectivity index (χ1v) is 3.90. The van der Waals surface area contributed by atoms with Crippen LogP contribution in [0.15, 0.2) is 10.9 Å². The van der Waals surface area contributed by atoms with Crippen LogP contribution in [-0.4, -0.2) is 15.8 Å². The highest BCUT2D eigenvalue weighted by Crippen LogP contribution is 2.07. The molecule has 4 heteroatoms. The maximum absolute atomic E-state index is 10.9. The van der Waals surface area contributed by atoms with Crippen LogP contribution in [0.3, 0.4) is 0 Å². The third kappa shape index (κ3) is 1.83. The maximum Gasteiger partial charge on any atom is 0.196 e. The van der Waals surface area contributed by atoms with Gasteiger partial charge in [0.15, 0.2) is 10.5 Å². The van der Waals surface area contributed by atoms with Crippen molar-refractivity contribution in [2.45, 2.75) is 13.8 Å². The number of carbonyl (C=O) groups excluding carboxylic acids is 1. The molecule has 0 aliphatic carbocycles. The van der Waals surface area contributed by atoms with Crippen molar-refractivity contribution in [1.29, 1.82) is 0 Å². The smallest absolute Gasteiger partial charge is 0.196 e. The number of rotatable bonds is 1. The molecule has 11 heavy (non-hydrogen) atoms. The second-order valence-electron chi connectivity index (χ2n) is 2.19. The molecule has 1 rings (SSSR count). The number of ketones is 1. The SMILES string of the molecule is CC(=O)c1cnc(Br)nc1C. The van der Waals surface area contributed by atoms with E-state index in [2.05, 4.69) is 25.9 Å². The number of Topliss-reactive ketones (excluding diaryl/α,β-unsaturated/α-hetero) is 1. The molecular formula is C7H7BrN2O. The maximum atomic E-state index is 10.9. The topological polar surface area (TPSA) is 42.9 Å². The van der Waals surface area contributed by atoms with Crippen molar-refractivity contribution in [3.8, 4) is 0 Å². The van der Waals surface area contributed by atoms with Crippen molar-refractivity contribution in [3.05, 3.63) is 22.2 Å².